The van der Waals surface area contributed by atoms with Crippen molar-refractivity contribution >= 4 is 22.3 Å². The smallest absolute Gasteiger partial charge is 0.357 e. The number of carboxylic acids is 1. The highest BCUT2D eigenvalue weighted by atomic mass is 32.1. The first kappa shape index (κ1) is 8.00. The van der Waals surface area contributed by atoms with Gasteiger partial charge in [0.2, 0.25) is 0 Å². The predicted octanol–water partition coefficient (Wildman–Crippen LogP) is 1.07. The SMILES string of the molecule is CCNc1s[c]nc1C(=O)O. The molecular weight excluding hydrogens is 164 g/mol. The summed E-state index contributed by atoms with van der Waals surface area (Å²) >= 11 is 1.17. The molecule has 0 aliphatic heterocycles. The minimum Gasteiger partial charge on any atom is -0.476 e. The van der Waals surface area contributed by atoms with E-state index >= 15 is 0 Å². The third-order valence-electron chi connectivity index (χ3n) is 1.06. The second-order valence-electron chi connectivity index (χ2n) is 1.82. The number of hydrogen-bond acceptors (Lipinski definition) is 4. The number of carbonyl (C=O) groups is 1. The quantitative estimate of drug-likeness (QED) is 0.714. The first-order valence-electron chi connectivity index (χ1n) is 3.09. The van der Waals surface area contributed by atoms with Crippen molar-refractivity contribution in [3.63, 3.8) is 0 Å². The molecule has 0 amide bonds. The monoisotopic (exact) mass is 171 g/mol. The number of nitrogens with one attached hydrogen (secondary N) is 1. The van der Waals surface area contributed by atoms with Gasteiger partial charge in [-0.3, -0.25) is 0 Å². The van der Waals surface area contributed by atoms with Gasteiger partial charge in [0, 0.05) is 6.54 Å². The van der Waals surface area contributed by atoms with Crippen LogP contribution in [0.25, 0.3) is 0 Å². The van der Waals surface area contributed by atoms with Crippen LogP contribution in [0.3, 0.4) is 0 Å². The second kappa shape index (κ2) is 3.34. The topological polar surface area (TPSA) is 62.2 Å². The summed E-state index contributed by atoms with van der Waals surface area (Å²) in [5, 5.41) is 12.0. The van der Waals surface area contributed by atoms with Crippen LogP contribution in [0.4, 0.5) is 5.00 Å². The van der Waals surface area contributed by atoms with Crippen LogP contribution < -0.4 is 5.32 Å². The minimum atomic E-state index is -1.02. The number of thiazole rings is 1. The molecule has 1 aromatic rings. The second-order valence-corrected chi connectivity index (χ2v) is 2.61. The van der Waals surface area contributed by atoms with Gasteiger partial charge in [-0.05, 0) is 6.92 Å². The first-order valence-corrected chi connectivity index (χ1v) is 3.91. The molecule has 0 saturated carbocycles. The van der Waals surface area contributed by atoms with Crippen molar-refractivity contribution in [3.05, 3.63) is 11.2 Å². The number of rotatable bonds is 3. The lowest BCUT2D eigenvalue weighted by atomic mass is 10.4. The van der Waals surface area contributed by atoms with Gasteiger partial charge in [-0.2, -0.15) is 0 Å². The molecular formula is C6H7N2O2S. The molecule has 0 spiro atoms. The van der Waals surface area contributed by atoms with Crippen molar-refractivity contribution in [1.82, 2.24) is 4.98 Å². The van der Waals surface area contributed by atoms with Crippen molar-refractivity contribution in [2.45, 2.75) is 6.92 Å². The number of aromatic carboxylic acids is 1. The van der Waals surface area contributed by atoms with Gasteiger partial charge in [-0.15, -0.1) is 0 Å². The first-order chi connectivity index (χ1) is 5.25. The third kappa shape index (κ3) is 1.68. The normalized spacial score (nSPS) is 9.55. The maximum absolute atomic E-state index is 10.4. The Labute approximate surface area is 67.9 Å². The maximum atomic E-state index is 10.4. The van der Waals surface area contributed by atoms with E-state index in [9.17, 15) is 4.79 Å². The molecule has 0 bridgehead atoms. The van der Waals surface area contributed by atoms with E-state index < -0.39 is 5.97 Å². The lowest BCUT2D eigenvalue weighted by Gasteiger charge is -1.97. The molecule has 0 aliphatic carbocycles. The molecule has 0 aliphatic rings. The maximum Gasteiger partial charge on any atom is 0.357 e. The Hall–Kier alpha value is -1.10. The van der Waals surface area contributed by atoms with Crippen LogP contribution in [0.5, 0.6) is 0 Å². The fraction of sp³-hybridized carbons (Fsp3) is 0.333. The lowest BCUT2D eigenvalue weighted by molar-refractivity contribution is 0.0692. The van der Waals surface area contributed by atoms with Crippen LogP contribution in [0, 0.1) is 5.51 Å². The van der Waals surface area contributed by atoms with E-state index in [0.717, 1.165) is 0 Å². The van der Waals surface area contributed by atoms with E-state index in [1.165, 1.54) is 11.3 Å². The van der Waals surface area contributed by atoms with E-state index in [0.29, 0.717) is 11.5 Å². The van der Waals surface area contributed by atoms with Crippen LogP contribution in [0.1, 0.15) is 17.4 Å². The zero-order valence-corrected chi connectivity index (χ0v) is 6.73. The molecule has 2 N–H and O–H groups in total. The highest BCUT2D eigenvalue weighted by molar-refractivity contribution is 7.13. The summed E-state index contributed by atoms with van der Waals surface area (Å²) in [5.41, 5.74) is 2.57. The van der Waals surface area contributed by atoms with Crippen molar-refractivity contribution < 1.29 is 9.90 Å². The van der Waals surface area contributed by atoms with Gasteiger partial charge in [0.1, 0.15) is 5.00 Å². The Bertz CT molecular complexity index is 259. The molecule has 1 radical (unpaired) electrons. The summed E-state index contributed by atoms with van der Waals surface area (Å²) < 4.78 is 0. The Balaban J connectivity index is 2.87. The van der Waals surface area contributed by atoms with Crippen LogP contribution >= 0.6 is 11.3 Å². The van der Waals surface area contributed by atoms with E-state index in [1.54, 1.807) is 0 Å². The van der Waals surface area contributed by atoms with Crippen molar-refractivity contribution in [1.29, 1.82) is 0 Å². The third-order valence-corrected chi connectivity index (χ3v) is 1.78. The van der Waals surface area contributed by atoms with Crippen LogP contribution in [-0.4, -0.2) is 22.6 Å². The number of carboxylic acid groups (broad SMARTS) is 1. The molecule has 0 fully saturated rings. The fourth-order valence-electron chi connectivity index (χ4n) is 0.639. The highest BCUT2D eigenvalue weighted by Crippen LogP contribution is 2.18. The summed E-state index contributed by atoms with van der Waals surface area (Å²) in [6, 6.07) is 0. The largest absolute Gasteiger partial charge is 0.476 e. The number of nitrogens with zero attached hydrogens (tertiary/aromatic N) is 1. The van der Waals surface area contributed by atoms with Crippen LogP contribution in [-0.2, 0) is 0 Å². The van der Waals surface area contributed by atoms with E-state index in [4.69, 9.17) is 5.11 Å². The van der Waals surface area contributed by atoms with Crippen molar-refractivity contribution in [2.24, 2.45) is 0 Å². The molecule has 5 heteroatoms. The van der Waals surface area contributed by atoms with Gasteiger partial charge >= 0.3 is 5.97 Å². The van der Waals surface area contributed by atoms with Crippen LogP contribution in [0.2, 0.25) is 0 Å². The van der Waals surface area contributed by atoms with Gasteiger partial charge in [0.05, 0.1) is 0 Å². The van der Waals surface area contributed by atoms with Gasteiger partial charge in [-0.25, -0.2) is 9.78 Å². The van der Waals surface area contributed by atoms with Gasteiger partial charge in [0.25, 0.3) is 0 Å². The van der Waals surface area contributed by atoms with Crippen LogP contribution in [0.15, 0.2) is 0 Å². The van der Waals surface area contributed by atoms with Crippen molar-refractivity contribution in [3.8, 4) is 0 Å². The molecule has 1 rings (SSSR count). The molecule has 1 heterocycles. The summed E-state index contributed by atoms with van der Waals surface area (Å²) in [7, 11) is 0. The highest BCUT2D eigenvalue weighted by Gasteiger charge is 2.12. The molecule has 11 heavy (non-hydrogen) atoms. The Morgan fingerprint density at radius 2 is 2.64 bits per heavy atom. The average Bonchev–Trinajstić information content (AvgIpc) is 2.36. The van der Waals surface area contributed by atoms with E-state index in [1.807, 2.05) is 6.92 Å². The predicted molar refractivity (Wildman–Crippen MR) is 42.1 cm³/mol. The Morgan fingerprint density at radius 3 is 3.18 bits per heavy atom. The minimum absolute atomic E-state index is 0.0526. The summed E-state index contributed by atoms with van der Waals surface area (Å²) in [6.45, 7) is 2.58. The zero-order valence-electron chi connectivity index (χ0n) is 5.92. The number of aromatic nitrogens is 1. The average molecular weight is 171 g/mol. The molecule has 0 saturated heterocycles. The zero-order chi connectivity index (χ0) is 8.27. The molecule has 1 aromatic heterocycles. The van der Waals surface area contributed by atoms with Gasteiger partial charge in [0.15, 0.2) is 11.2 Å². The lowest BCUT2D eigenvalue weighted by Crippen LogP contribution is -2.03. The van der Waals surface area contributed by atoms with Gasteiger partial charge < -0.3 is 10.4 Å². The number of hydrogen-bond donors (Lipinski definition) is 2. The molecule has 0 atom stereocenters. The molecule has 0 unspecified atom stereocenters. The summed E-state index contributed by atoms with van der Waals surface area (Å²) in [5.74, 6) is -1.02. The summed E-state index contributed by atoms with van der Waals surface area (Å²) in [6.07, 6.45) is 0. The molecule has 0 aromatic carbocycles. The van der Waals surface area contributed by atoms with Crippen molar-refractivity contribution in [2.75, 3.05) is 11.9 Å². The Morgan fingerprint density at radius 1 is 1.91 bits per heavy atom. The number of anilines is 1. The van der Waals surface area contributed by atoms with E-state index in [2.05, 4.69) is 15.8 Å². The Kier molecular flexibility index (Phi) is 2.43. The molecule has 4 nitrogen and oxygen atoms in total. The van der Waals surface area contributed by atoms with E-state index in [-0.39, 0.29) is 5.69 Å². The van der Waals surface area contributed by atoms with Gasteiger partial charge in [-0.1, -0.05) is 11.3 Å². The fourth-order valence-corrected chi connectivity index (χ4v) is 1.31. The summed E-state index contributed by atoms with van der Waals surface area (Å²) in [4.78, 5) is 14.0. The standard InChI is InChI=1S/C6H7N2O2S/c1-2-7-5-4(6(9)10)8-3-11-5/h7H,2H2,1H3,(H,9,10). The molecule has 59 valence electrons.